The number of pyridine rings is 1. The maximum absolute atomic E-state index is 12.0. The van der Waals surface area contributed by atoms with E-state index in [4.69, 9.17) is 21.1 Å². The Morgan fingerprint density at radius 1 is 1.07 bits per heavy atom. The molecule has 0 amide bonds. The molecule has 1 N–H and O–H groups in total. The van der Waals surface area contributed by atoms with Gasteiger partial charge in [-0.25, -0.2) is 0 Å². The molecule has 8 heteroatoms. The first-order valence-corrected chi connectivity index (χ1v) is 16.2. The molecule has 6 nitrogen and oxygen atoms in total. The summed E-state index contributed by atoms with van der Waals surface area (Å²) in [5.41, 5.74) is 8.00. The van der Waals surface area contributed by atoms with Gasteiger partial charge in [0.1, 0.15) is 18.4 Å². The summed E-state index contributed by atoms with van der Waals surface area (Å²) in [4.78, 5) is 18.0. The third kappa shape index (κ3) is 6.50. The number of esters is 1. The number of thioether (sulfide) groups is 1. The van der Waals surface area contributed by atoms with Crippen molar-refractivity contribution >= 4 is 40.2 Å². The van der Waals surface area contributed by atoms with Gasteiger partial charge in [0.05, 0.1) is 18.3 Å². The molecule has 1 aliphatic heterocycles. The number of aromatic nitrogens is 2. The maximum atomic E-state index is 12.0. The Labute approximate surface area is 267 Å². The molecule has 2 aromatic heterocycles. The summed E-state index contributed by atoms with van der Waals surface area (Å²) >= 11 is 8.13. The molecule has 0 saturated heterocycles. The van der Waals surface area contributed by atoms with E-state index in [0.29, 0.717) is 18.4 Å². The highest BCUT2D eigenvalue weighted by Gasteiger charge is 2.29. The van der Waals surface area contributed by atoms with Crippen LogP contribution in [0.1, 0.15) is 36.4 Å². The molecule has 0 spiro atoms. The van der Waals surface area contributed by atoms with Crippen LogP contribution in [0.2, 0.25) is 5.02 Å². The van der Waals surface area contributed by atoms with Gasteiger partial charge in [0.15, 0.2) is 0 Å². The summed E-state index contributed by atoms with van der Waals surface area (Å²) in [6.07, 6.45) is 3.61. The van der Waals surface area contributed by atoms with Crippen molar-refractivity contribution in [2.45, 2.75) is 56.0 Å². The minimum Gasteiger partial charge on any atom is -0.487 e. The van der Waals surface area contributed by atoms with Gasteiger partial charge in [-0.1, -0.05) is 67.1 Å². The number of ether oxygens (including phenoxy) is 2. The van der Waals surface area contributed by atoms with E-state index in [0.717, 1.165) is 47.0 Å². The van der Waals surface area contributed by atoms with Crippen LogP contribution in [0.5, 0.6) is 5.75 Å². The second kappa shape index (κ2) is 13.5. The van der Waals surface area contributed by atoms with E-state index in [-0.39, 0.29) is 12.0 Å². The third-order valence-electron chi connectivity index (χ3n) is 8.09. The fourth-order valence-electron chi connectivity index (χ4n) is 5.83. The molecule has 0 saturated carbocycles. The standard InChI is InChI=1S/C36H36ClN3O3S/c1-23-19-30-33(43-22-29-14-11-27(20-39-29)26-7-5-4-6-8-26)16-15-31-34(30)35(44-23)32(17-18-38-24(2)36(41)42-3)40(31)21-25-9-12-28(37)13-10-25/h4-16,20,23-24,38H,17-19,21-22H2,1-3H3. The van der Waals surface area contributed by atoms with Crippen molar-refractivity contribution in [1.29, 1.82) is 0 Å². The average Bonchev–Trinajstić information content (AvgIpc) is 3.34. The molecule has 3 heterocycles. The van der Waals surface area contributed by atoms with Crippen LogP contribution >= 0.6 is 23.4 Å². The summed E-state index contributed by atoms with van der Waals surface area (Å²) in [7, 11) is 1.42. The predicted octanol–water partition coefficient (Wildman–Crippen LogP) is 7.71. The second-order valence-electron chi connectivity index (χ2n) is 11.2. The normalized spacial score (nSPS) is 14.9. The van der Waals surface area contributed by atoms with Crippen molar-refractivity contribution in [1.82, 2.24) is 14.9 Å². The number of carbonyl (C=O) groups excluding carboxylic acids is 1. The quantitative estimate of drug-likeness (QED) is 0.152. The predicted molar refractivity (Wildman–Crippen MR) is 179 cm³/mol. The van der Waals surface area contributed by atoms with Gasteiger partial charge in [0.2, 0.25) is 0 Å². The van der Waals surface area contributed by atoms with E-state index >= 15 is 0 Å². The number of hydrogen-bond donors (Lipinski definition) is 1. The van der Waals surface area contributed by atoms with E-state index in [9.17, 15) is 4.79 Å². The number of hydrogen-bond acceptors (Lipinski definition) is 6. The Bertz CT molecular complexity index is 1750. The average molecular weight is 626 g/mol. The number of methoxy groups -OCH3 is 1. The fraction of sp³-hybridized carbons (Fsp3) is 0.278. The van der Waals surface area contributed by atoms with Crippen molar-refractivity contribution in [2.24, 2.45) is 0 Å². The van der Waals surface area contributed by atoms with Gasteiger partial charge < -0.3 is 19.4 Å². The summed E-state index contributed by atoms with van der Waals surface area (Å²) < 4.78 is 13.8. The van der Waals surface area contributed by atoms with Crippen LogP contribution in [0.25, 0.3) is 22.0 Å². The smallest absolute Gasteiger partial charge is 0.322 e. The third-order valence-corrected chi connectivity index (χ3v) is 9.59. The van der Waals surface area contributed by atoms with Crippen LogP contribution in [-0.4, -0.2) is 40.5 Å². The highest BCUT2D eigenvalue weighted by Crippen LogP contribution is 2.47. The lowest BCUT2D eigenvalue weighted by molar-refractivity contribution is -0.142. The lowest BCUT2D eigenvalue weighted by Crippen LogP contribution is -2.36. The summed E-state index contributed by atoms with van der Waals surface area (Å²) in [5.74, 6) is 0.650. The molecule has 2 atom stereocenters. The number of rotatable bonds is 11. The molecule has 5 aromatic rings. The summed E-state index contributed by atoms with van der Waals surface area (Å²) in [6.45, 7) is 5.89. The van der Waals surface area contributed by atoms with Crippen LogP contribution in [0.15, 0.2) is 90.0 Å². The lowest BCUT2D eigenvalue weighted by Gasteiger charge is -2.22. The van der Waals surface area contributed by atoms with Crippen molar-refractivity contribution in [2.75, 3.05) is 13.7 Å². The highest BCUT2D eigenvalue weighted by molar-refractivity contribution is 8.00. The highest BCUT2D eigenvalue weighted by atomic mass is 35.5. The van der Waals surface area contributed by atoms with Gasteiger partial charge in [-0.15, -0.1) is 11.8 Å². The number of nitrogens with one attached hydrogen (secondary N) is 1. The SMILES string of the molecule is COC(=O)C(C)NCCc1c2c3c(c(OCc4ccc(-c5ccccc5)cn4)ccc3n1Cc1ccc(Cl)cc1)CC(C)S2. The molecule has 0 aliphatic carbocycles. The Kier molecular flexibility index (Phi) is 9.26. The molecule has 6 rings (SSSR count). The van der Waals surface area contributed by atoms with Crippen molar-refractivity contribution < 1.29 is 14.3 Å². The van der Waals surface area contributed by atoms with Crippen LogP contribution in [0.4, 0.5) is 0 Å². The van der Waals surface area contributed by atoms with E-state index in [2.05, 4.69) is 64.3 Å². The molecule has 226 valence electrons. The Morgan fingerprint density at radius 3 is 2.59 bits per heavy atom. The van der Waals surface area contributed by atoms with Gasteiger partial charge >= 0.3 is 5.97 Å². The number of halogens is 1. The molecular formula is C36H36ClN3O3S. The lowest BCUT2D eigenvalue weighted by atomic mass is 10.0. The van der Waals surface area contributed by atoms with E-state index in [1.54, 1.807) is 0 Å². The van der Waals surface area contributed by atoms with Gasteiger partial charge in [0.25, 0.3) is 0 Å². The van der Waals surface area contributed by atoms with Crippen molar-refractivity contribution in [3.8, 4) is 16.9 Å². The minimum atomic E-state index is -0.372. The minimum absolute atomic E-state index is 0.260. The van der Waals surface area contributed by atoms with Crippen molar-refractivity contribution in [3.63, 3.8) is 0 Å². The first kappa shape index (κ1) is 30.3. The van der Waals surface area contributed by atoms with E-state index in [1.165, 1.54) is 39.7 Å². The largest absolute Gasteiger partial charge is 0.487 e. The number of carbonyl (C=O) groups is 1. The van der Waals surface area contributed by atoms with Gasteiger partial charge in [-0.2, -0.15) is 0 Å². The molecular weight excluding hydrogens is 590 g/mol. The monoisotopic (exact) mass is 625 g/mol. The number of benzene rings is 3. The van der Waals surface area contributed by atoms with Crippen LogP contribution in [0, 0.1) is 0 Å². The summed E-state index contributed by atoms with van der Waals surface area (Å²) in [6, 6.07) is 26.4. The topological polar surface area (TPSA) is 65.4 Å². The van der Waals surface area contributed by atoms with Gasteiger partial charge in [0, 0.05) is 63.1 Å². The Morgan fingerprint density at radius 2 is 1.86 bits per heavy atom. The van der Waals surface area contributed by atoms with Crippen LogP contribution in [-0.2, 0) is 35.5 Å². The first-order valence-electron chi connectivity index (χ1n) is 14.9. The van der Waals surface area contributed by atoms with E-state index in [1.807, 2.05) is 61.3 Å². The first-order chi connectivity index (χ1) is 21.4. The molecule has 1 aliphatic rings. The molecule has 0 bridgehead atoms. The summed E-state index contributed by atoms with van der Waals surface area (Å²) in [5, 5.41) is 5.72. The number of nitrogens with zero attached hydrogens (tertiary/aromatic N) is 2. The molecule has 0 radical (unpaired) electrons. The molecule has 44 heavy (non-hydrogen) atoms. The maximum Gasteiger partial charge on any atom is 0.322 e. The zero-order valence-corrected chi connectivity index (χ0v) is 26.8. The fourth-order valence-corrected chi connectivity index (χ4v) is 7.31. The molecule has 3 aromatic carbocycles. The van der Waals surface area contributed by atoms with Crippen molar-refractivity contribution in [3.05, 3.63) is 113 Å². The zero-order chi connectivity index (χ0) is 30.6. The van der Waals surface area contributed by atoms with E-state index < -0.39 is 0 Å². The molecule has 2 unspecified atom stereocenters. The molecule has 0 fully saturated rings. The second-order valence-corrected chi connectivity index (χ2v) is 13.1. The Hall–Kier alpha value is -3.78. The zero-order valence-electron chi connectivity index (χ0n) is 25.2. The van der Waals surface area contributed by atoms with Gasteiger partial charge in [-0.3, -0.25) is 9.78 Å². The Balaban J connectivity index is 1.31. The van der Waals surface area contributed by atoms with Crippen LogP contribution in [0.3, 0.4) is 0 Å². The van der Waals surface area contributed by atoms with Crippen LogP contribution < -0.4 is 10.1 Å². The van der Waals surface area contributed by atoms with Gasteiger partial charge in [-0.05, 0) is 54.8 Å².